The average molecular weight is 257 g/mol. The van der Waals surface area contributed by atoms with Crippen molar-refractivity contribution in [2.75, 3.05) is 14.2 Å². The summed E-state index contributed by atoms with van der Waals surface area (Å²) in [4.78, 5) is 0.853. The van der Waals surface area contributed by atoms with Crippen LogP contribution in [0, 0.1) is 0 Å². The van der Waals surface area contributed by atoms with Gasteiger partial charge in [-0.25, -0.2) is 0 Å². The van der Waals surface area contributed by atoms with Crippen LogP contribution in [0.5, 0.6) is 0 Å². The highest BCUT2D eigenvalue weighted by molar-refractivity contribution is 7.80. The molecule has 0 bridgehead atoms. The predicted molar refractivity (Wildman–Crippen MR) is 61.2 cm³/mol. The van der Waals surface area contributed by atoms with Crippen LogP contribution in [-0.2, 0) is 22.7 Å². The molecule has 0 fully saturated rings. The smallest absolute Gasteiger partial charge is 0.0727 e. The largest absolute Gasteiger partial charge is 0.380 e. The zero-order chi connectivity index (χ0) is 9.68. The topological polar surface area (TPSA) is 18.5 Å². The van der Waals surface area contributed by atoms with Gasteiger partial charge in [0.05, 0.1) is 13.2 Å². The molecule has 0 saturated carbocycles. The molecule has 0 spiro atoms. The number of halogens is 3. The monoisotopic (exact) mass is 257 g/mol. The third-order valence-corrected chi connectivity index (χ3v) is 2.30. The lowest BCUT2D eigenvalue weighted by Crippen LogP contribution is -1.95. The first-order valence-electron chi connectivity index (χ1n) is 4.05. The number of ether oxygens (including phenoxy) is 2. The minimum absolute atomic E-state index is 0. The molecule has 0 atom stereocenters. The Labute approximate surface area is 98.5 Å². The van der Waals surface area contributed by atoms with Crippen LogP contribution in [-0.4, -0.2) is 14.2 Å². The minimum Gasteiger partial charge on any atom is -0.380 e. The summed E-state index contributed by atoms with van der Waals surface area (Å²) >= 11 is 5.26. The van der Waals surface area contributed by atoms with Gasteiger partial charge >= 0.3 is 0 Å². The van der Waals surface area contributed by atoms with Gasteiger partial charge in [0.25, 0.3) is 0 Å². The fraction of sp³-hybridized carbons (Fsp3) is 0.400. The van der Waals surface area contributed by atoms with E-state index < -0.39 is 0 Å². The Kier molecular flexibility index (Phi) is 13.7. The van der Waals surface area contributed by atoms with Gasteiger partial charge in [0.2, 0.25) is 0 Å². The first-order valence-corrected chi connectivity index (χ1v) is 4.46. The molecule has 2 nitrogen and oxygen atoms in total. The molecular formula is C10H16F3O2S. The quantitative estimate of drug-likeness (QED) is 0.825. The predicted octanol–water partition coefficient (Wildman–Crippen LogP) is 2.99. The van der Waals surface area contributed by atoms with E-state index in [0.717, 1.165) is 16.0 Å². The Morgan fingerprint density at radius 3 is 1.62 bits per heavy atom. The first kappa shape index (κ1) is 20.5. The summed E-state index contributed by atoms with van der Waals surface area (Å²) in [5.41, 5.74) is 2.10. The Morgan fingerprint density at radius 2 is 1.31 bits per heavy atom. The summed E-state index contributed by atoms with van der Waals surface area (Å²) in [6.07, 6.45) is 0. The van der Waals surface area contributed by atoms with E-state index in [9.17, 15) is 0 Å². The molecule has 0 aliphatic heterocycles. The molecule has 0 saturated heterocycles. The van der Waals surface area contributed by atoms with E-state index in [1.807, 2.05) is 18.2 Å². The highest BCUT2D eigenvalue weighted by Gasteiger charge is 2.04. The fourth-order valence-electron chi connectivity index (χ4n) is 1.18. The highest BCUT2D eigenvalue weighted by Crippen LogP contribution is 2.20. The van der Waals surface area contributed by atoms with E-state index in [0.29, 0.717) is 13.2 Å². The molecule has 0 amide bonds. The van der Waals surface area contributed by atoms with Crippen LogP contribution in [0.1, 0.15) is 11.1 Å². The van der Waals surface area contributed by atoms with Crippen molar-refractivity contribution in [1.82, 2.24) is 0 Å². The summed E-state index contributed by atoms with van der Waals surface area (Å²) in [5, 5.41) is 0. The van der Waals surface area contributed by atoms with Gasteiger partial charge < -0.3 is 9.47 Å². The fourth-order valence-corrected chi connectivity index (χ4v) is 1.43. The van der Waals surface area contributed by atoms with Crippen LogP contribution in [0.15, 0.2) is 23.1 Å². The maximum atomic E-state index is 5.26. The SMILES string of the molecule is COCc1cccc(COC)c1[S].F.F.F. The molecule has 16 heavy (non-hydrogen) atoms. The Morgan fingerprint density at radius 1 is 0.938 bits per heavy atom. The lowest BCUT2D eigenvalue weighted by atomic mass is 10.1. The van der Waals surface area contributed by atoms with Crippen LogP contribution in [0.3, 0.4) is 0 Å². The van der Waals surface area contributed by atoms with E-state index in [1.165, 1.54) is 0 Å². The summed E-state index contributed by atoms with van der Waals surface area (Å²) in [7, 11) is 3.33. The summed E-state index contributed by atoms with van der Waals surface area (Å²) in [6, 6.07) is 5.93. The van der Waals surface area contributed by atoms with Crippen LogP contribution >= 0.6 is 12.6 Å². The summed E-state index contributed by atoms with van der Waals surface area (Å²) < 4.78 is 10.1. The Balaban J connectivity index is -0.000000563. The van der Waals surface area contributed by atoms with Crippen molar-refractivity contribution in [3.8, 4) is 0 Å². The summed E-state index contributed by atoms with van der Waals surface area (Å²) in [5.74, 6) is 0. The van der Waals surface area contributed by atoms with E-state index in [4.69, 9.17) is 22.1 Å². The van der Waals surface area contributed by atoms with Crippen molar-refractivity contribution in [2.24, 2.45) is 0 Å². The Hall–Kier alpha value is -0.850. The molecule has 1 rings (SSSR count). The third kappa shape index (κ3) is 5.29. The minimum atomic E-state index is 0. The van der Waals surface area contributed by atoms with Gasteiger partial charge in [-0.15, -0.1) is 0 Å². The molecule has 1 aromatic rings. The lowest BCUT2D eigenvalue weighted by Gasteiger charge is -2.07. The number of rotatable bonds is 4. The van der Waals surface area contributed by atoms with Crippen molar-refractivity contribution >= 4 is 12.6 Å². The van der Waals surface area contributed by atoms with Gasteiger partial charge in [-0.1, -0.05) is 30.8 Å². The second kappa shape index (κ2) is 10.7. The van der Waals surface area contributed by atoms with E-state index in [1.54, 1.807) is 14.2 Å². The zero-order valence-electron chi connectivity index (χ0n) is 9.10. The van der Waals surface area contributed by atoms with Gasteiger partial charge in [-0.2, -0.15) is 0 Å². The average Bonchev–Trinajstić information content (AvgIpc) is 2.13. The number of hydrogen-bond donors (Lipinski definition) is 0. The molecule has 0 N–H and O–H groups in total. The first-order chi connectivity index (χ1) is 6.29. The Bertz CT molecular complexity index is 261. The molecule has 0 heterocycles. The molecule has 0 aliphatic rings. The van der Waals surface area contributed by atoms with Crippen LogP contribution in [0.4, 0.5) is 14.1 Å². The summed E-state index contributed by atoms with van der Waals surface area (Å²) in [6.45, 7) is 1.13. The van der Waals surface area contributed by atoms with Crippen molar-refractivity contribution in [3.05, 3.63) is 29.3 Å². The van der Waals surface area contributed by atoms with Crippen molar-refractivity contribution in [2.45, 2.75) is 18.1 Å². The lowest BCUT2D eigenvalue weighted by molar-refractivity contribution is 0.176. The van der Waals surface area contributed by atoms with Gasteiger partial charge in [-0.05, 0) is 11.1 Å². The number of methoxy groups -OCH3 is 2. The molecule has 95 valence electrons. The van der Waals surface area contributed by atoms with E-state index >= 15 is 0 Å². The second-order valence-electron chi connectivity index (χ2n) is 2.77. The second-order valence-corrected chi connectivity index (χ2v) is 3.18. The van der Waals surface area contributed by atoms with Gasteiger partial charge in [-0.3, -0.25) is 14.1 Å². The van der Waals surface area contributed by atoms with Crippen LogP contribution < -0.4 is 0 Å². The van der Waals surface area contributed by atoms with Crippen LogP contribution in [0.25, 0.3) is 0 Å². The maximum absolute atomic E-state index is 5.26. The van der Waals surface area contributed by atoms with Crippen molar-refractivity contribution in [3.63, 3.8) is 0 Å². The molecule has 1 aromatic carbocycles. The molecule has 1 radical (unpaired) electrons. The molecule has 0 aliphatic carbocycles. The van der Waals surface area contributed by atoms with Crippen LogP contribution in [0.2, 0.25) is 0 Å². The standard InChI is InChI=1S/C10H13O2S.3FH/c1-11-6-8-4-3-5-9(7-12-2)10(8)13;;;/h3-5H,6-7H2,1-2H3;3*1H. The molecular weight excluding hydrogens is 241 g/mol. The van der Waals surface area contributed by atoms with Crippen molar-refractivity contribution < 1.29 is 23.6 Å². The molecule has 0 aromatic heterocycles. The van der Waals surface area contributed by atoms with E-state index in [2.05, 4.69) is 0 Å². The number of hydrogen-bond acceptors (Lipinski definition) is 2. The normalized spacial score (nSPS) is 8.38. The maximum Gasteiger partial charge on any atom is 0.0727 e. The van der Waals surface area contributed by atoms with E-state index in [-0.39, 0.29) is 14.1 Å². The highest BCUT2D eigenvalue weighted by atomic mass is 32.1. The third-order valence-electron chi connectivity index (χ3n) is 1.78. The van der Waals surface area contributed by atoms with Gasteiger partial charge in [0.15, 0.2) is 0 Å². The zero-order valence-corrected chi connectivity index (χ0v) is 9.91. The molecule has 0 unspecified atom stereocenters. The van der Waals surface area contributed by atoms with Gasteiger partial charge in [0.1, 0.15) is 0 Å². The molecule has 6 heteroatoms. The van der Waals surface area contributed by atoms with Crippen molar-refractivity contribution in [1.29, 1.82) is 0 Å². The van der Waals surface area contributed by atoms with Gasteiger partial charge in [0, 0.05) is 19.1 Å². The number of benzene rings is 1.